The lowest BCUT2D eigenvalue weighted by Crippen LogP contribution is -2.22. The molecule has 0 aliphatic rings. The quantitative estimate of drug-likeness (QED) is 0.642. The summed E-state index contributed by atoms with van der Waals surface area (Å²) in [5.41, 5.74) is 1.82. The van der Waals surface area contributed by atoms with E-state index in [1.165, 1.54) is 53.6 Å². The first-order chi connectivity index (χ1) is 14.1. The van der Waals surface area contributed by atoms with E-state index < -0.39 is 15.9 Å². The Morgan fingerprint density at radius 2 is 1.60 bits per heavy atom. The lowest BCUT2D eigenvalue weighted by Gasteiger charge is -2.14. The van der Waals surface area contributed by atoms with Crippen LogP contribution in [0.15, 0.2) is 41.3 Å². The number of carbonyl (C=O) groups is 1. The zero-order valence-corrected chi connectivity index (χ0v) is 18.7. The molecule has 0 aliphatic carbocycles. The van der Waals surface area contributed by atoms with E-state index in [0.29, 0.717) is 28.5 Å². The third-order valence-corrected chi connectivity index (χ3v) is 6.17. The fourth-order valence-corrected chi connectivity index (χ4v) is 3.58. The molecule has 2 rings (SSSR count). The molecule has 8 nitrogen and oxygen atoms in total. The fourth-order valence-electron chi connectivity index (χ4n) is 2.65. The summed E-state index contributed by atoms with van der Waals surface area (Å²) in [5.74, 6) is 0.978. The molecule has 0 aliphatic heterocycles. The molecule has 0 saturated carbocycles. The molecule has 0 saturated heterocycles. The summed E-state index contributed by atoms with van der Waals surface area (Å²) in [7, 11) is 3.83. The molecular formula is C21H26N2O6S. The van der Waals surface area contributed by atoms with Crippen molar-refractivity contribution in [3.8, 4) is 17.2 Å². The molecule has 0 fully saturated rings. The van der Waals surface area contributed by atoms with Crippen LogP contribution in [0.1, 0.15) is 11.1 Å². The monoisotopic (exact) mass is 434 g/mol. The molecule has 0 heterocycles. The van der Waals surface area contributed by atoms with E-state index in [0.717, 1.165) is 9.87 Å². The van der Waals surface area contributed by atoms with Crippen molar-refractivity contribution in [2.75, 3.05) is 40.7 Å². The summed E-state index contributed by atoms with van der Waals surface area (Å²) < 4.78 is 41.7. The first-order valence-corrected chi connectivity index (χ1v) is 10.4. The highest BCUT2D eigenvalue weighted by Gasteiger charge is 2.18. The Kier molecular flexibility index (Phi) is 7.47. The number of hydrogen-bond acceptors (Lipinski definition) is 6. The second-order valence-electron chi connectivity index (χ2n) is 6.55. The van der Waals surface area contributed by atoms with Gasteiger partial charge in [-0.3, -0.25) is 4.79 Å². The van der Waals surface area contributed by atoms with Crippen LogP contribution < -0.4 is 19.5 Å². The number of carbonyl (C=O) groups excluding carboxylic acids is 1. The molecule has 0 atom stereocenters. The summed E-state index contributed by atoms with van der Waals surface area (Å²) in [4.78, 5) is 12.5. The van der Waals surface area contributed by atoms with E-state index in [2.05, 4.69) is 5.32 Å². The number of benzene rings is 2. The minimum atomic E-state index is -3.60. The molecule has 0 unspecified atom stereocenters. The smallest absolute Gasteiger partial charge is 0.248 e. The van der Waals surface area contributed by atoms with Gasteiger partial charge in [-0.15, -0.1) is 0 Å². The molecule has 0 aromatic heterocycles. The second-order valence-corrected chi connectivity index (χ2v) is 8.70. The lowest BCUT2D eigenvalue weighted by atomic mass is 10.1. The highest BCUT2D eigenvalue weighted by atomic mass is 32.2. The number of hydrogen-bond donors (Lipinski definition) is 1. The second kappa shape index (κ2) is 9.64. The minimum Gasteiger partial charge on any atom is -0.493 e. The molecular weight excluding hydrogens is 408 g/mol. The van der Waals surface area contributed by atoms with Crippen LogP contribution in [0.3, 0.4) is 0 Å². The normalized spacial score (nSPS) is 11.6. The maximum Gasteiger partial charge on any atom is 0.248 e. The van der Waals surface area contributed by atoms with Gasteiger partial charge in [0.1, 0.15) is 0 Å². The van der Waals surface area contributed by atoms with Crippen molar-refractivity contribution < 1.29 is 27.4 Å². The van der Waals surface area contributed by atoms with Gasteiger partial charge in [-0.1, -0.05) is 6.07 Å². The topological polar surface area (TPSA) is 94.2 Å². The summed E-state index contributed by atoms with van der Waals surface area (Å²) in [5, 5.41) is 2.72. The lowest BCUT2D eigenvalue weighted by molar-refractivity contribution is -0.111. The Bertz CT molecular complexity index is 1040. The zero-order chi connectivity index (χ0) is 22.5. The van der Waals surface area contributed by atoms with Crippen LogP contribution in [-0.4, -0.2) is 54.1 Å². The Labute approximate surface area is 177 Å². The largest absolute Gasteiger partial charge is 0.493 e. The molecule has 1 N–H and O–H groups in total. The van der Waals surface area contributed by atoms with Crippen LogP contribution in [0.5, 0.6) is 17.2 Å². The molecule has 0 spiro atoms. The van der Waals surface area contributed by atoms with Crippen LogP contribution in [0, 0.1) is 6.92 Å². The van der Waals surface area contributed by atoms with Crippen LogP contribution in [0.4, 0.5) is 5.69 Å². The SMILES string of the molecule is COc1cc(/C=C/C(=O)Nc2cc(S(=O)(=O)N(C)C)ccc2C)cc(OC)c1OC. The van der Waals surface area contributed by atoms with Crippen molar-refractivity contribution >= 4 is 27.7 Å². The number of nitrogens with zero attached hydrogens (tertiary/aromatic N) is 1. The number of sulfonamides is 1. The predicted molar refractivity (Wildman–Crippen MR) is 116 cm³/mol. The van der Waals surface area contributed by atoms with Crippen molar-refractivity contribution in [1.82, 2.24) is 4.31 Å². The fraction of sp³-hybridized carbons (Fsp3) is 0.286. The summed E-state index contributed by atoms with van der Waals surface area (Å²) in [6.45, 7) is 1.78. The van der Waals surface area contributed by atoms with E-state index in [1.54, 1.807) is 31.2 Å². The number of methoxy groups -OCH3 is 3. The van der Waals surface area contributed by atoms with Gasteiger partial charge in [-0.2, -0.15) is 0 Å². The van der Waals surface area contributed by atoms with Crippen LogP contribution in [0.2, 0.25) is 0 Å². The molecule has 0 bridgehead atoms. The molecule has 2 aromatic carbocycles. The number of amides is 1. The van der Waals surface area contributed by atoms with E-state index in [4.69, 9.17) is 14.2 Å². The Morgan fingerprint density at radius 1 is 1.00 bits per heavy atom. The number of nitrogens with one attached hydrogen (secondary N) is 1. The third kappa shape index (κ3) is 5.11. The van der Waals surface area contributed by atoms with E-state index in [1.807, 2.05) is 0 Å². The van der Waals surface area contributed by atoms with Crippen molar-refractivity contribution in [2.45, 2.75) is 11.8 Å². The summed E-state index contributed by atoms with van der Waals surface area (Å²) in [6, 6.07) is 8.01. The summed E-state index contributed by atoms with van der Waals surface area (Å²) >= 11 is 0. The number of ether oxygens (including phenoxy) is 3. The molecule has 9 heteroatoms. The first kappa shape index (κ1) is 23.2. The van der Waals surface area contributed by atoms with Crippen LogP contribution >= 0.6 is 0 Å². The number of anilines is 1. The van der Waals surface area contributed by atoms with Gasteiger partial charge in [0.25, 0.3) is 0 Å². The van der Waals surface area contributed by atoms with Gasteiger partial charge < -0.3 is 19.5 Å². The van der Waals surface area contributed by atoms with Crippen molar-refractivity contribution in [2.24, 2.45) is 0 Å². The Morgan fingerprint density at radius 3 is 2.10 bits per heavy atom. The molecule has 162 valence electrons. The van der Waals surface area contributed by atoms with Gasteiger partial charge >= 0.3 is 0 Å². The maximum atomic E-state index is 12.4. The van der Waals surface area contributed by atoms with Crippen molar-refractivity contribution in [3.63, 3.8) is 0 Å². The van der Waals surface area contributed by atoms with Gasteiger partial charge in [-0.05, 0) is 48.4 Å². The maximum absolute atomic E-state index is 12.4. The molecule has 30 heavy (non-hydrogen) atoms. The Balaban J connectivity index is 2.27. The number of aryl methyl sites for hydroxylation is 1. The van der Waals surface area contributed by atoms with Gasteiger partial charge in [0.05, 0.1) is 26.2 Å². The van der Waals surface area contributed by atoms with Gasteiger partial charge in [0, 0.05) is 25.9 Å². The minimum absolute atomic E-state index is 0.0991. The van der Waals surface area contributed by atoms with Crippen LogP contribution in [0.25, 0.3) is 6.08 Å². The van der Waals surface area contributed by atoms with Gasteiger partial charge in [0.2, 0.25) is 21.7 Å². The van der Waals surface area contributed by atoms with Gasteiger partial charge in [-0.25, -0.2) is 12.7 Å². The standard InChI is InChI=1S/C21H26N2O6S/c1-14-7-9-16(30(25,26)23(2)3)13-17(14)22-20(24)10-8-15-11-18(27-4)21(29-6)19(12-15)28-5/h7-13H,1-6H3,(H,22,24)/b10-8+. The highest BCUT2D eigenvalue weighted by Crippen LogP contribution is 2.38. The van der Waals surface area contributed by atoms with Crippen molar-refractivity contribution in [1.29, 1.82) is 0 Å². The van der Waals surface area contributed by atoms with Crippen molar-refractivity contribution in [3.05, 3.63) is 47.5 Å². The Hall–Kier alpha value is -3.04. The molecule has 2 aromatic rings. The molecule has 1 amide bonds. The molecule has 0 radical (unpaired) electrons. The van der Waals surface area contributed by atoms with Gasteiger partial charge in [0.15, 0.2) is 11.5 Å². The first-order valence-electron chi connectivity index (χ1n) is 8.96. The van der Waals surface area contributed by atoms with E-state index >= 15 is 0 Å². The highest BCUT2D eigenvalue weighted by molar-refractivity contribution is 7.89. The predicted octanol–water partition coefficient (Wildman–Crippen LogP) is 2.92. The zero-order valence-electron chi connectivity index (χ0n) is 17.8. The van der Waals surface area contributed by atoms with E-state index in [-0.39, 0.29) is 4.90 Å². The average molecular weight is 435 g/mol. The van der Waals surface area contributed by atoms with Crippen LogP contribution in [-0.2, 0) is 14.8 Å². The summed E-state index contributed by atoms with van der Waals surface area (Å²) in [6.07, 6.45) is 2.93. The third-order valence-electron chi connectivity index (χ3n) is 4.36. The van der Waals surface area contributed by atoms with E-state index in [9.17, 15) is 13.2 Å². The average Bonchev–Trinajstić information content (AvgIpc) is 2.72. The number of rotatable bonds is 8.